The molecule has 0 radical (unpaired) electrons. The van der Waals surface area contributed by atoms with Gasteiger partial charge in [0.25, 0.3) is 5.91 Å². The molecule has 25 heavy (non-hydrogen) atoms. The van der Waals surface area contributed by atoms with E-state index in [-0.39, 0.29) is 18.1 Å². The molecule has 1 amide bonds. The lowest BCUT2D eigenvalue weighted by atomic mass is 10.0. The minimum Gasteiger partial charge on any atom is -0.382 e. The smallest absolute Gasteiger partial charge is 0.270 e. The van der Waals surface area contributed by atoms with Crippen LogP contribution in [0.5, 0.6) is 0 Å². The van der Waals surface area contributed by atoms with Gasteiger partial charge < -0.3 is 18.9 Å². The van der Waals surface area contributed by atoms with Crippen LogP contribution >= 0.6 is 0 Å². The zero-order valence-corrected chi connectivity index (χ0v) is 14.9. The number of carbonyl (C=O) groups excluding carboxylic acids is 1. The van der Waals surface area contributed by atoms with Crippen molar-refractivity contribution in [3.8, 4) is 0 Å². The van der Waals surface area contributed by atoms with Crippen LogP contribution in [-0.2, 0) is 22.9 Å². The summed E-state index contributed by atoms with van der Waals surface area (Å²) in [4.78, 5) is 15.0. The molecule has 3 rings (SSSR count). The van der Waals surface area contributed by atoms with Crippen LogP contribution in [0.25, 0.3) is 0 Å². The molecule has 0 aliphatic carbocycles. The fourth-order valence-electron chi connectivity index (χ4n) is 3.48. The fourth-order valence-corrected chi connectivity index (χ4v) is 3.48. The van der Waals surface area contributed by atoms with Crippen LogP contribution in [0.4, 0.5) is 0 Å². The predicted octanol–water partition coefficient (Wildman–Crippen LogP) is 2.51. The van der Waals surface area contributed by atoms with Gasteiger partial charge in [0.1, 0.15) is 5.69 Å². The number of ether oxygens (including phenoxy) is 2. The van der Waals surface area contributed by atoms with Crippen molar-refractivity contribution in [3.05, 3.63) is 59.9 Å². The molecule has 1 aromatic carbocycles. The Bertz CT molecular complexity index is 683. The Labute approximate surface area is 149 Å². The summed E-state index contributed by atoms with van der Waals surface area (Å²) in [5, 5.41) is 0. The van der Waals surface area contributed by atoms with Gasteiger partial charge in [0.15, 0.2) is 0 Å². The largest absolute Gasteiger partial charge is 0.382 e. The Morgan fingerprint density at radius 1 is 1.16 bits per heavy atom. The van der Waals surface area contributed by atoms with E-state index in [4.69, 9.17) is 9.47 Å². The number of nitrogens with zero attached hydrogens (tertiary/aromatic N) is 2. The highest BCUT2D eigenvalue weighted by molar-refractivity contribution is 5.93. The maximum Gasteiger partial charge on any atom is 0.270 e. The Kier molecular flexibility index (Phi) is 5.89. The van der Waals surface area contributed by atoms with E-state index in [1.54, 1.807) is 7.11 Å². The van der Waals surface area contributed by atoms with Crippen molar-refractivity contribution < 1.29 is 14.3 Å². The monoisotopic (exact) mass is 342 g/mol. The highest BCUT2D eigenvalue weighted by Gasteiger charge is 2.38. The standard InChI is InChI=1S/C20H26N2O3/c1-21-11-6-9-17(21)20(23)22-12-10-19(25-14-13-24-2)18(22)15-16-7-4-3-5-8-16/h3-9,11,18-19H,10,12-15H2,1-2H3/t18-,19+/m0/s1. The van der Waals surface area contributed by atoms with Gasteiger partial charge >= 0.3 is 0 Å². The van der Waals surface area contributed by atoms with Gasteiger partial charge in [0, 0.05) is 26.9 Å². The molecule has 2 heterocycles. The third-order valence-electron chi connectivity index (χ3n) is 4.81. The lowest BCUT2D eigenvalue weighted by Gasteiger charge is -2.28. The minimum absolute atomic E-state index is 0.0413. The first-order valence-corrected chi connectivity index (χ1v) is 8.77. The van der Waals surface area contributed by atoms with Gasteiger partial charge in [-0.1, -0.05) is 30.3 Å². The van der Waals surface area contributed by atoms with Crippen molar-refractivity contribution in [2.24, 2.45) is 7.05 Å². The highest BCUT2D eigenvalue weighted by Crippen LogP contribution is 2.26. The second-order valence-electron chi connectivity index (χ2n) is 6.45. The molecule has 1 aromatic heterocycles. The first-order valence-electron chi connectivity index (χ1n) is 8.77. The third-order valence-corrected chi connectivity index (χ3v) is 4.81. The molecule has 2 aromatic rings. The first kappa shape index (κ1) is 17.7. The summed E-state index contributed by atoms with van der Waals surface area (Å²) >= 11 is 0. The molecule has 0 spiro atoms. The molecule has 134 valence electrons. The quantitative estimate of drug-likeness (QED) is 0.726. The van der Waals surface area contributed by atoms with Crippen LogP contribution in [0.15, 0.2) is 48.7 Å². The van der Waals surface area contributed by atoms with Gasteiger partial charge in [0.05, 0.1) is 25.4 Å². The van der Waals surface area contributed by atoms with Crippen LogP contribution in [0, 0.1) is 0 Å². The highest BCUT2D eigenvalue weighted by atomic mass is 16.5. The van der Waals surface area contributed by atoms with Crippen molar-refractivity contribution in [1.82, 2.24) is 9.47 Å². The third kappa shape index (κ3) is 4.11. The van der Waals surface area contributed by atoms with Gasteiger partial charge in [-0.3, -0.25) is 4.79 Å². The lowest BCUT2D eigenvalue weighted by Crippen LogP contribution is -2.42. The number of amides is 1. The van der Waals surface area contributed by atoms with Crippen LogP contribution in [0.1, 0.15) is 22.5 Å². The van der Waals surface area contributed by atoms with E-state index in [2.05, 4.69) is 12.1 Å². The molecule has 1 aliphatic heterocycles. The summed E-state index contributed by atoms with van der Waals surface area (Å²) in [5.74, 6) is 0.0753. The second kappa shape index (κ2) is 8.32. The summed E-state index contributed by atoms with van der Waals surface area (Å²) in [6.45, 7) is 1.85. The van der Waals surface area contributed by atoms with Crippen LogP contribution in [-0.4, -0.2) is 54.4 Å². The number of aromatic nitrogens is 1. The van der Waals surface area contributed by atoms with Crippen molar-refractivity contribution in [2.75, 3.05) is 26.9 Å². The number of benzene rings is 1. The number of aryl methyl sites for hydroxylation is 1. The van der Waals surface area contributed by atoms with Gasteiger partial charge in [0.2, 0.25) is 0 Å². The van der Waals surface area contributed by atoms with E-state index in [0.29, 0.717) is 13.2 Å². The number of methoxy groups -OCH3 is 1. The number of rotatable bonds is 7. The number of likely N-dealkylation sites (tertiary alicyclic amines) is 1. The summed E-state index contributed by atoms with van der Waals surface area (Å²) in [6.07, 6.45) is 3.60. The molecule has 5 heteroatoms. The van der Waals surface area contributed by atoms with Gasteiger partial charge in [-0.05, 0) is 30.5 Å². The number of carbonyl (C=O) groups is 1. The van der Waals surface area contributed by atoms with Gasteiger partial charge in [-0.15, -0.1) is 0 Å². The summed E-state index contributed by atoms with van der Waals surface area (Å²) in [7, 11) is 3.58. The Morgan fingerprint density at radius 3 is 2.64 bits per heavy atom. The summed E-state index contributed by atoms with van der Waals surface area (Å²) in [6, 6.07) is 14.1. The molecular formula is C20H26N2O3. The van der Waals surface area contributed by atoms with E-state index in [1.807, 2.05) is 53.0 Å². The van der Waals surface area contributed by atoms with Crippen molar-refractivity contribution in [1.29, 1.82) is 0 Å². The Balaban J connectivity index is 1.78. The van der Waals surface area contributed by atoms with E-state index in [0.717, 1.165) is 25.1 Å². The van der Waals surface area contributed by atoms with E-state index in [9.17, 15) is 4.79 Å². The number of hydrogen-bond donors (Lipinski definition) is 0. The average molecular weight is 342 g/mol. The predicted molar refractivity (Wildman–Crippen MR) is 96.6 cm³/mol. The van der Waals surface area contributed by atoms with Gasteiger partial charge in [-0.2, -0.15) is 0 Å². The molecule has 1 aliphatic rings. The molecule has 0 saturated carbocycles. The summed E-state index contributed by atoms with van der Waals surface area (Å²) < 4.78 is 13.0. The molecule has 1 fully saturated rings. The van der Waals surface area contributed by atoms with Crippen molar-refractivity contribution >= 4 is 5.91 Å². The van der Waals surface area contributed by atoms with Crippen LogP contribution in [0.2, 0.25) is 0 Å². The molecule has 0 bridgehead atoms. The molecule has 2 atom stereocenters. The minimum atomic E-state index is 0.0413. The lowest BCUT2D eigenvalue weighted by molar-refractivity contribution is 0.000372. The Hall–Kier alpha value is -2.11. The molecule has 1 saturated heterocycles. The topological polar surface area (TPSA) is 43.7 Å². The van der Waals surface area contributed by atoms with Gasteiger partial charge in [-0.25, -0.2) is 0 Å². The van der Waals surface area contributed by atoms with E-state index in [1.165, 1.54) is 5.56 Å². The van der Waals surface area contributed by atoms with E-state index < -0.39 is 0 Å². The van der Waals surface area contributed by atoms with E-state index >= 15 is 0 Å². The fraction of sp³-hybridized carbons (Fsp3) is 0.450. The Morgan fingerprint density at radius 2 is 1.96 bits per heavy atom. The van der Waals surface area contributed by atoms with Crippen LogP contribution in [0.3, 0.4) is 0 Å². The molecular weight excluding hydrogens is 316 g/mol. The van der Waals surface area contributed by atoms with Crippen molar-refractivity contribution in [3.63, 3.8) is 0 Å². The molecule has 5 nitrogen and oxygen atoms in total. The normalized spacial score (nSPS) is 20.2. The number of hydrogen-bond acceptors (Lipinski definition) is 3. The molecule has 0 N–H and O–H groups in total. The SMILES string of the molecule is COCCO[C@@H]1CCN(C(=O)c2cccn2C)[C@H]1Cc1ccccc1. The molecule has 0 unspecified atom stereocenters. The first-order chi connectivity index (χ1) is 12.2. The van der Waals surface area contributed by atoms with Crippen molar-refractivity contribution in [2.45, 2.75) is 25.0 Å². The summed E-state index contributed by atoms with van der Waals surface area (Å²) in [5.41, 5.74) is 1.94. The maximum absolute atomic E-state index is 13.0. The zero-order valence-electron chi connectivity index (χ0n) is 14.9. The van der Waals surface area contributed by atoms with Crippen LogP contribution < -0.4 is 0 Å². The maximum atomic E-state index is 13.0. The zero-order chi connectivity index (χ0) is 17.6. The second-order valence-corrected chi connectivity index (χ2v) is 6.45. The average Bonchev–Trinajstić information content (AvgIpc) is 3.22.